The Morgan fingerprint density at radius 2 is 2.12 bits per heavy atom. The Bertz CT molecular complexity index is 433. The number of carbonyl (C=O) groups excluding carboxylic acids is 2. The zero-order chi connectivity index (χ0) is 12.4. The first-order chi connectivity index (χ1) is 8.11. The standard InChI is InChI=1S/C12H12FNO3/c1-8(13)11(15)14-10(7-17-12(14)16)9-5-3-2-4-6-9/h2-6,8,10H,7H2,1H3. The van der Waals surface area contributed by atoms with Crippen LogP contribution >= 0.6 is 0 Å². The van der Waals surface area contributed by atoms with Crippen molar-refractivity contribution in [2.24, 2.45) is 0 Å². The summed E-state index contributed by atoms with van der Waals surface area (Å²) in [4.78, 5) is 23.9. The average molecular weight is 237 g/mol. The second-order valence-corrected chi connectivity index (χ2v) is 3.83. The number of imide groups is 1. The first-order valence-electron chi connectivity index (χ1n) is 5.30. The summed E-state index contributed by atoms with van der Waals surface area (Å²) < 4.78 is 17.8. The maximum Gasteiger partial charge on any atom is 0.417 e. The maximum absolute atomic E-state index is 13.0. The molecule has 90 valence electrons. The smallest absolute Gasteiger partial charge is 0.417 e. The Balaban J connectivity index is 2.29. The van der Waals surface area contributed by atoms with Crippen LogP contribution in [0.1, 0.15) is 18.5 Å². The van der Waals surface area contributed by atoms with E-state index in [1.54, 1.807) is 24.3 Å². The van der Waals surface area contributed by atoms with E-state index in [4.69, 9.17) is 4.74 Å². The number of hydrogen-bond donors (Lipinski definition) is 0. The quantitative estimate of drug-likeness (QED) is 0.791. The highest BCUT2D eigenvalue weighted by atomic mass is 19.1. The Morgan fingerprint density at radius 1 is 1.47 bits per heavy atom. The van der Waals surface area contributed by atoms with Crippen LogP contribution in [0.3, 0.4) is 0 Å². The fourth-order valence-electron chi connectivity index (χ4n) is 1.78. The number of benzene rings is 1. The van der Waals surface area contributed by atoms with Crippen LogP contribution in [-0.2, 0) is 9.53 Å². The van der Waals surface area contributed by atoms with Crippen LogP contribution in [0.5, 0.6) is 0 Å². The molecule has 0 saturated carbocycles. The van der Waals surface area contributed by atoms with Gasteiger partial charge in [-0.2, -0.15) is 0 Å². The highest BCUT2D eigenvalue weighted by molar-refractivity contribution is 5.95. The minimum Gasteiger partial charge on any atom is -0.446 e. The van der Waals surface area contributed by atoms with Crippen molar-refractivity contribution in [1.82, 2.24) is 4.90 Å². The lowest BCUT2D eigenvalue weighted by molar-refractivity contribution is -0.133. The average Bonchev–Trinajstić information content (AvgIpc) is 2.71. The van der Waals surface area contributed by atoms with Crippen molar-refractivity contribution in [2.45, 2.75) is 19.1 Å². The molecule has 0 N–H and O–H groups in total. The molecule has 0 aromatic heterocycles. The van der Waals surface area contributed by atoms with Crippen LogP contribution in [0, 0.1) is 0 Å². The van der Waals surface area contributed by atoms with E-state index in [9.17, 15) is 14.0 Å². The monoisotopic (exact) mass is 237 g/mol. The third kappa shape index (κ3) is 2.13. The number of carbonyl (C=O) groups is 2. The number of rotatable bonds is 2. The van der Waals surface area contributed by atoms with E-state index in [2.05, 4.69) is 0 Å². The summed E-state index contributed by atoms with van der Waals surface area (Å²) >= 11 is 0. The van der Waals surface area contributed by atoms with Crippen molar-refractivity contribution in [1.29, 1.82) is 0 Å². The van der Waals surface area contributed by atoms with Gasteiger partial charge in [0, 0.05) is 0 Å². The van der Waals surface area contributed by atoms with Crippen molar-refractivity contribution >= 4 is 12.0 Å². The Labute approximate surface area is 98.0 Å². The second kappa shape index (κ2) is 4.53. The second-order valence-electron chi connectivity index (χ2n) is 3.83. The molecule has 0 bridgehead atoms. The molecule has 17 heavy (non-hydrogen) atoms. The molecular weight excluding hydrogens is 225 g/mol. The molecule has 0 radical (unpaired) electrons. The molecule has 1 fully saturated rings. The van der Waals surface area contributed by atoms with Crippen LogP contribution in [0.2, 0.25) is 0 Å². The molecule has 4 nitrogen and oxygen atoms in total. The first-order valence-corrected chi connectivity index (χ1v) is 5.30. The lowest BCUT2D eigenvalue weighted by Gasteiger charge is -2.20. The zero-order valence-corrected chi connectivity index (χ0v) is 9.30. The number of ether oxygens (including phenoxy) is 1. The maximum atomic E-state index is 13.0. The lowest BCUT2D eigenvalue weighted by Crippen LogP contribution is -2.38. The number of cyclic esters (lactones) is 1. The van der Waals surface area contributed by atoms with Crippen LogP contribution < -0.4 is 0 Å². The molecule has 5 heteroatoms. The number of amides is 2. The summed E-state index contributed by atoms with van der Waals surface area (Å²) in [5.41, 5.74) is 0.757. The van der Waals surface area contributed by atoms with Gasteiger partial charge in [0.25, 0.3) is 5.91 Å². The van der Waals surface area contributed by atoms with Gasteiger partial charge in [0.2, 0.25) is 0 Å². The molecule has 1 aromatic carbocycles. The normalized spacial score (nSPS) is 21.2. The molecular formula is C12H12FNO3. The van der Waals surface area contributed by atoms with Crippen LogP contribution in [-0.4, -0.2) is 29.7 Å². The van der Waals surface area contributed by atoms with Gasteiger partial charge >= 0.3 is 6.09 Å². The third-order valence-corrected chi connectivity index (χ3v) is 2.64. The van der Waals surface area contributed by atoms with Crippen LogP contribution in [0.15, 0.2) is 30.3 Å². The van der Waals surface area contributed by atoms with Crippen molar-refractivity contribution in [3.63, 3.8) is 0 Å². The van der Waals surface area contributed by atoms with E-state index in [0.29, 0.717) is 0 Å². The van der Waals surface area contributed by atoms with Gasteiger partial charge in [0.05, 0.1) is 0 Å². The van der Waals surface area contributed by atoms with Crippen LogP contribution in [0.25, 0.3) is 0 Å². The molecule has 1 heterocycles. The molecule has 2 unspecified atom stereocenters. The zero-order valence-electron chi connectivity index (χ0n) is 9.30. The molecule has 2 atom stereocenters. The van der Waals surface area contributed by atoms with E-state index in [0.717, 1.165) is 17.4 Å². The van der Waals surface area contributed by atoms with Gasteiger partial charge in [-0.1, -0.05) is 30.3 Å². The van der Waals surface area contributed by atoms with Gasteiger partial charge in [0.15, 0.2) is 6.17 Å². The van der Waals surface area contributed by atoms with E-state index in [-0.39, 0.29) is 6.61 Å². The molecule has 2 rings (SSSR count). The van der Waals surface area contributed by atoms with Crippen molar-refractivity contribution < 1.29 is 18.7 Å². The fourth-order valence-corrected chi connectivity index (χ4v) is 1.78. The Morgan fingerprint density at radius 3 is 2.71 bits per heavy atom. The molecule has 0 aliphatic carbocycles. The number of alkyl halides is 1. The first kappa shape index (κ1) is 11.6. The fraction of sp³-hybridized carbons (Fsp3) is 0.333. The van der Waals surface area contributed by atoms with E-state index < -0.39 is 24.2 Å². The van der Waals surface area contributed by atoms with Crippen LogP contribution in [0.4, 0.5) is 9.18 Å². The number of hydrogen-bond acceptors (Lipinski definition) is 3. The summed E-state index contributed by atoms with van der Waals surface area (Å²) in [5.74, 6) is -0.860. The predicted octanol–water partition coefficient (Wildman–Crippen LogP) is 2.06. The van der Waals surface area contributed by atoms with Gasteiger partial charge < -0.3 is 4.74 Å². The number of nitrogens with zero attached hydrogens (tertiary/aromatic N) is 1. The molecule has 0 spiro atoms. The van der Waals surface area contributed by atoms with E-state index in [1.165, 1.54) is 0 Å². The highest BCUT2D eigenvalue weighted by Crippen LogP contribution is 2.28. The van der Waals surface area contributed by atoms with Gasteiger partial charge in [0.1, 0.15) is 12.6 Å². The van der Waals surface area contributed by atoms with E-state index in [1.807, 2.05) is 6.07 Å². The topological polar surface area (TPSA) is 46.6 Å². The van der Waals surface area contributed by atoms with Crippen molar-refractivity contribution in [2.75, 3.05) is 6.61 Å². The van der Waals surface area contributed by atoms with Gasteiger partial charge in [-0.15, -0.1) is 0 Å². The summed E-state index contributed by atoms with van der Waals surface area (Å²) in [7, 11) is 0. The SMILES string of the molecule is CC(F)C(=O)N1C(=O)OCC1c1ccccc1. The summed E-state index contributed by atoms with van der Waals surface area (Å²) in [6.45, 7) is 1.18. The predicted molar refractivity (Wildman–Crippen MR) is 57.9 cm³/mol. The molecule has 1 aliphatic heterocycles. The van der Waals surface area contributed by atoms with Crippen molar-refractivity contribution in [3.8, 4) is 0 Å². The summed E-state index contributed by atoms with van der Waals surface area (Å²) in [5, 5.41) is 0. The van der Waals surface area contributed by atoms with E-state index >= 15 is 0 Å². The Hall–Kier alpha value is -1.91. The Kier molecular flexibility index (Phi) is 3.08. The lowest BCUT2D eigenvalue weighted by atomic mass is 10.1. The minimum absolute atomic E-state index is 0.0707. The summed E-state index contributed by atoms with van der Waals surface area (Å²) in [6, 6.07) is 8.42. The molecule has 1 aliphatic rings. The summed E-state index contributed by atoms with van der Waals surface area (Å²) in [6.07, 6.45) is -2.50. The van der Waals surface area contributed by atoms with Gasteiger partial charge in [-0.3, -0.25) is 4.79 Å². The van der Waals surface area contributed by atoms with Crippen molar-refractivity contribution in [3.05, 3.63) is 35.9 Å². The highest BCUT2D eigenvalue weighted by Gasteiger charge is 2.40. The molecule has 1 aromatic rings. The third-order valence-electron chi connectivity index (χ3n) is 2.64. The van der Waals surface area contributed by atoms with Gasteiger partial charge in [-0.05, 0) is 12.5 Å². The van der Waals surface area contributed by atoms with Gasteiger partial charge in [-0.25, -0.2) is 14.1 Å². The molecule has 1 saturated heterocycles. The minimum atomic E-state index is -1.72. The molecule has 2 amide bonds. The largest absolute Gasteiger partial charge is 0.446 e. The number of halogens is 1.